The molecule has 1 aromatic carbocycles. The summed E-state index contributed by atoms with van der Waals surface area (Å²) in [5, 5.41) is 12.4. The van der Waals surface area contributed by atoms with Crippen LogP contribution in [0.3, 0.4) is 0 Å². The summed E-state index contributed by atoms with van der Waals surface area (Å²) in [7, 11) is 1.56. The zero-order chi connectivity index (χ0) is 20.8. The van der Waals surface area contributed by atoms with Crippen molar-refractivity contribution in [3.8, 4) is 17.0 Å². The number of nitrogens with one attached hydrogen (secondary N) is 1. The van der Waals surface area contributed by atoms with Crippen LogP contribution in [0.4, 0.5) is 11.6 Å². The van der Waals surface area contributed by atoms with Crippen molar-refractivity contribution in [2.24, 2.45) is 5.92 Å². The van der Waals surface area contributed by atoms with Crippen LogP contribution in [-0.2, 0) is 11.2 Å². The number of ether oxygens (including phenoxy) is 1. The van der Waals surface area contributed by atoms with Crippen molar-refractivity contribution in [3.63, 3.8) is 0 Å². The molecule has 1 atom stereocenters. The molecule has 0 amide bonds. The second-order valence-corrected chi connectivity index (χ2v) is 6.67. The molecule has 3 aromatic rings. The fraction of sp³-hybridized carbons (Fsp3) is 0.286. The molecule has 3 rings (SSSR count). The third-order valence-electron chi connectivity index (χ3n) is 4.48. The monoisotopic (exact) mass is 393 g/mol. The van der Waals surface area contributed by atoms with E-state index < -0.39 is 11.9 Å². The summed E-state index contributed by atoms with van der Waals surface area (Å²) in [5.74, 6) is 0.143. The predicted octanol–water partition coefficient (Wildman–Crippen LogP) is 3.65. The molecule has 0 saturated heterocycles. The number of hydrogen-bond acceptors (Lipinski definition) is 7. The Hall–Kier alpha value is -3.55. The molecule has 0 aliphatic heterocycles. The lowest BCUT2D eigenvalue weighted by molar-refractivity contribution is -0.141. The van der Waals surface area contributed by atoms with Crippen molar-refractivity contribution in [1.82, 2.24) is 19.9 Å². The highest BCUT2D eigenvalue weighted by Crippen LogP contribution is 2.26. The zero-order valence-corrected chi connectivity index (χ0v) is 16.6. The first-order chi connectivity index (χ1) is 14.0. The molecule has 2 aromatic heterocycles. The summed E-state index contributed by atoms with van der Waals surface area (Å²) in [5.41, 5.74) is 3.66. The standard InChI is InChI=1S/C21H23N5O3/c1-4-14(20(27)28)10-18-23-11-16(12-24-18)15-7-13(2)8-17(9-15)25-21-22-6-5-19(26-21)29-3/h5-9,11-12,14H,4,10H2,1-3H3,(H,27,28)(H,22,25,26). The van der Waals surface area contributed by atoms with E-state index in [4.69, 9.17) is 4.74 Å². The topological polar surface area (TPSA) is 110 Å². The van der Waals surface area contributed by atoms with E-state index in [0.29, 0.717) is 30.5 Å². The number of aryl methyl sites for hydroxylation is 1. The molecule has 0 saturated carbocycles. The minimum Gasteiger partial charge on any atom is -0.481 e. The van der Waals surface area contributed by atoms with Crippen LogP contribution in [0, 0.1) is 12.8 Å². The van der Waals surface area contributed by atoms with E-state index in [9.17, 15) is 9.90 Å². The van der Waals surface area contributed by atoms with Crippen LogP contribution >= 0.6 is 0 Å². The van der Waals surface area contributed by atoms with Gasteiger partial charge in [0, 0.05) is 42.3 Å². The van der Waals surface area contributed by atoms with Gasteiger partial charge < -0.3 is 15.2 Å². The Kier molecular flexibility index (Phi) is 6.33. The smallest absolute Gasteiger partial charge is 0.306 e. The average Bonchev–Trinajstić information content (AvgIpc) is 2.72. The Morgan fingerprint density at radius 1 is 1.17 bits per heavy atom. The van der Waals surface area contributed by atoms with Gasteiger partial charge >= 0.3 is 5.97 Å². The molecular formula is C21H23N5O3. The van der Waals surface area contributed by atoms with Crippen LogP contribution < -0.4 is 10.1 Å². The van der Waals surface area contributed by atoms with Gasteiger partial charge in [-0.15, -0.1) is 0 Å². The maximum Gasteiger partial charge on any atom is 0.306 e. The second kappa shape index (κ2) is 9.09. The van der Waals surface area contributed by atoms with E-state index in [0.717, 1.165) is 22.4 Å². The molecule has 1 unspecified atom stereocenters. The van der Waals surface area contributed by atoms with Crippen LogP contribution in [0.1, 0.15) is 24.7 Å². The SMILES string of the molecule is CCC(Cc1ncc(-c2cc(C)cc(Nc3nccc(OC)n3)c2)cn1)C(=O)O. The third-order valence-corrected chi connectivity index (χ3v) is 4.48. The van der Waals surface area contributed by atoms with Crippen molar-refractivity contribution in [3.05, 3.63) is 54.2 Å². The van der Waals surface area contributed by atoms with E-state index in [-0.39, 0.29) is 0 Å². The number of rotatable bonds is 8. The van der Waals surface area contributed by atoms with Gasteiger partial charge in [-0.25, -0.2) is 15.0 Å². The number of carboxylic acids is 1. The number of anilines is 2. The fourth-order valence-electron chi connectivity index (χ4n) is 2.90. The summed E-state index contributed by atoms with van der Waals surface area (Å²) in [4.78, 5) is 28.4. The Morgan fingerprint density at radius 2 is 1.93 bits per heavy atom. The minimum absolute atomic E-state index is 0.319. The van der Waals surface area contributed by atoms with Crippen LogP contribution in [0.15, 0.2) is 42.9 Å². The van der Waals surface area contributed by atoms with Gasteiger partial charge in [0.15, 0.2) is 0 Å². The van der Waals surface area contributed by atoms with Gasteiger partial charge in [0.1, 0.15) is 5.82 Å². The summed E-state index contributed by atoms with van der Waals surface area (Å²) >= 11 is 0. The zero-order valence-electron chi connectivity index (χ0n) is 16.6. The number of aliphatic carboxylic acids is 1. The average molecular weight is 393 g/mol. The number of benzene rings is 1. The summed E-state index contributed by atoms with van der Waals surface area (Å²) in [6.45, 7) is 3.84. The lowest BCUT2D eigenvalue weighted by Crippen LogP contribution is -2.16. The molecule has 0 radical (unpaired) electrons. The van der Waals surface area contributed by atoms with Crippen LogP contribution in [0.25, 0.3) is 11.1 Å². The third kappa shape index (κ3) is 5.25. The second-order valence-electron chi connectivity index (χ2n) is 6.67. The first kappa shape index (κ1) is 20.2. The van der Waals surface area contributed by atoms with Gasteiger partial charge in [0.05, 0.1) is 13.0 Å². The first-order valence-electron chi connectivity index (χ1n) is 9.28. The van der Waals surface area contributed by atoms with Gasteiger partial charge in [-0.05, 0) is 36.6 Å². The minimum atomic E-state index is -0.825. The Bertz CT molecular complexity index is 992. The Balaban J connectivity index is 1.81. The highest BCUT2D eigenvalue weighted by atomic mass is 16.5. The van der Waals surface area contributed by atoms with Crippen molar-refractivity contribution in [1.29, 1.82) is 0 Å². The van der Waals surface area contributed by atoms with Crippen molar-refractivity contribution >= 4 is 17.6 Å². The van der Waals surface area contributed by atoms with Gasteiger partial charge in [0.25, 0.3) is 0 Å². The summed E-state index contributed by atoms with van der Waals surface area (Å²) < 4.78 is 5.13. The molecular weight excluding hydrogens is 370 g/mol. The molecule has 150 valence electrons. The lowest BCUT2D eigenvalue weighted by Gasteiger charge is -2.11. The highest BCUT2D eigenvalue weighted by Gasteiger charge is 2.17. The molecule has 0 aliphatic rings. The van der Waals surface area contributed by atoms with Crippen LogP contribution in [0.5, 0.6) is 5.88 Å². The van der Waals surface area contributed by atoms with E-state index in [1.807, 2.05) is 32.0 Å². The number of aromatic nitrogens is 4. The predicted molar refractivity (Wildman–Crippen MR) is 109 cm³/mol. The lowest BCUT2D eigenvalue weighted by atomic mass is 10.0. The van der Waals surface area contributed by atoms with E-state index in [2.05, 4.69) is 25.3 Å². The number of methoxy groups -OCH3 is 1. The Morgan fingerprint density at radius 3 is 2.59 bits per heavy atom. The van der Waals surface area contributed by atoms with Crippen LogP contribution in [-0.4, -0.2) is 38.1 Å². The summed E-state index contributed by atoms with van der Waals surface area (Å²) in [6.07, 6.45) is 5.92. The Labute approximate surface area is 169 Å². The molecule has 29 heavy (non-hydrogen) atoms. The quantitative estimate of drug-likeness (QED) is 0.597. The summed E-state index contributed by atoms with van der Waals surface area (Å²) in [6, 6.07) is 7.65. The molecule has 8 heteroatoms. The normalized spacial score (nSPS) is 11.7. The van der Waals surface area contributed by atoms with Crippen LogP contribution in [0.2, 0.25) is 0 Å². The molecule has 2 N–H and O–H groups in total. The fourth-order valence-corrected chi connectivity index (χ4v) is 2.90. The molecule has 0 bridgehead atoms. The van der Waals surface area contributed by atoms with Crippen molar-refractivity contribution < 1.29 is 14.6 Å². The molecule has 2 heterocycles. The molecule has 0 spiro atoms. The number of carboxylic acid groups (broad SMARTS) is 1. The number of nitrogens with zero attached hydrogens (tertiary/aromatic N) is 4. The van der Waals surface area contributed by atoms with Gasteiger partial charge in [-0.2, -0.15) is 4.98 Å². The van der Waals surface area contributed by atoms with E-state index >= 15 is 0 Å². The number of hydrogen-bond donors (Lipinski definition) is 2. The van der Waals surface area contributed by atoms with Crippen molar-refractivity contribution in [2.75, 3.05) is 12.4 Å². The largest absolute Gasteiger partial charge is 0.481 e. The molecule has 0 aliphatic carbocycles. The maximum absolute atomic E-state index is 11.2. The van der Waals surface area contributed by atoms with Gasteiger partial charge in [-0.3, -0.25) is 4.79 Å². The van der Waals surface area contributed by atoms with E-state index in [1.165, 1.54) is 0 Å². The van der Waals surface area contributed by atoms with E-state index in [1.54, 1.807) is 31.8 Å². The molecule has 0 fully saturated rings. The number of carbonyl (C=O) groups is 1. The maximum atomic E-state index is 11.2. The highest BCUT2D eigenvalue weighted by molar-refractivity contribution is 5.71. The first-order valence-corrected chi connectivity index (χ1v) is 9.28. The van der Waals surface area contributed by atoms with Crippen molar-refractivity contribution in [2.45, 2.75) is 26.7 Å². The van der Waals surface area contributed by atoms with Gasteiger partial charge in [0.2, 0.25) is 11.8 Å². The molecule has 8 nitrogen and oxygen atoms in total. The van der Waals surface area contributed by atoms with Gasteiger partial charge in [-0.1, -0.05) is 13.0 Å².